The average Bonchev–Trinajstić information content (AvgIpc) is 2.61. The third kappa shape index (κ3) is 3.96. The van der Waals surface area contributed by atoms with Crippen molar-refractivity contribution in [1.82, 2.24) is 0 Å². The lowest BCUT2D eigenvalue weighted by molar-refractivity contribution is 0.423. The Kier molecular flexibility index (Phi) is 5.50. The zero-order valence-corrected chi connectivity index (χ0v) is 12.8. The van der Waals surface area contributed by atoms with Gasteiger partial charge in [0.05, 0.1) is 9.85 Å². The van der Waals surface area contributed by atoms with Crippen LogP contribution in [0.1, 0.15) is 55.9 Å². The zero-order valence-electron chi connectivity index (χ0n) is 10.5. The van der Waals surface area contributed by atoms with E-state index in [1.807, 2.05) is 6.07 Å². The van der Waals surface area contributed by atoms with Crippen LogP contribution >= 0.6 is 27.5 Å². The summed E-state index contributed by atoms with van der Waals surface area (Å²) in [6.07, 6.45) is 9.01. The highest BCUT2D eigenvalue weighted by atomic mass is 79.9. The first-order valence-electron chi connectivity index (χ1n) is 6.76. The molecule has 0 aliphatic heterocycles. The van der Waals surface area contributed by atoms with Crippen molar-refractivity contribution >= 4 is 27.5 Å². The van der Waals surface area contributed by atoms with Crippen molar-refractivity contribution in [1.29, 1.82) is 0 Å². The van der Waals surface area contributed by atoms with Crippen molar-refractivity contribution in [2.45, 2.75) is 50.3 Å². The van der Waals surface area contributed by atoms with Crippen LogP contribution < -0.4 is 0 Å². The molecule has 0 radical (unpaired) electrons. The molecule has 3 heteroatoms. The Morgan fingerprint density at radius 3 is 2.50 bits per heavy atom. The van der Waals surface area contributed by atoms with Gasteiger partial charge in [0.25, 0.3) is 0 Å². The van der Waals surface area contributed by atoms with Crippen LogP contribution in [0.3, 0.4) is 0 Å². The third-order valence-electron chi connectivity index (χ3n) is 3.82. The molecule has 0 nitrogen and oxygen atoms in total. The molecule has 1 unspecified atom stereocenters. The Bertz CT molecular complexity index is 386. The maximum absolute atomic E-state index is 13.2. The molecule has 0 heterocycles. The molecule has 0 bridgehead atoms. The second kappa shape index (κ2) is 6.91. The lowest BCUT2D eigenvalue weighted by Crippen LogP contribution is -2.03. The van der Waals surface area contributed by atoms with E-state index in [0.29, 0.717) is 4.47 Å². The van der Waals surface area contributed by atoms with E-state index < -0.39 is 0 Å². The van der Waals surface area contributed by atoms with Gasteiger partial charge in [-0.25, -0.2) is 4.39 Å². The fraction of sp³-hybridized carbons (Fsp3) is 0.600. The molecule has 1 aromatic carbocycles. The third-order valence-corrected chi connectivity index (χ3v) is 4.86. The predicted octanol–water partition coefficient (Wildman–Crippen LogP) is 6.23. The largest absolute Gasteiger partial charge is 0.206 e. The van der Waals surface area contributed by atoms with Crippen LogP contribution in [0.25, 0.3) is 0 Å². The van der Waals surface area contributed by atoms with Gasteiger partial charge in [0.2, 0.25) is 0 Å². The molecule has 1 aliphatic carbocycles. The number of alkyl halides is 1. The number of hydrogen-bond donors (Lipinski definition) is 0. The first-order valence-corrected chi connectivity index (χ1v) is 7.99. The van der Waals surface area contributed by atoms with Gasteiger partial charge in [-0.1, -0.05) is 44.6 Å². The molecule has 1 atom stereocenters. The van der Waals surface area contributed by atoms with Gasteiger partial charge in [0, 0.05) is 0 Å². The monoisotopic (exact) mass is 332 g/mol. The summed E-state index contributed by atoms with van der Waals surface area (Å²) in [6.45, 7) is 0. The molecule has 0 spiro atoms. The van der Waals surface area contributed by atoms with E-state index in [-0.39, 0.29) is 11.2 Å². The molecule has 0 saturated heterocycles. The first kappa shape index (κ1) is 14.3. The fourth-order valence-corrected chi connectivity index (χ4v) is 3.52. The molecule has 18 heavy (non-hydrogen) atoms. The quantitative estimate of drug-likeness (QED) is 0.454. The SMILES string of the molecule is Fc1ccc(C(Cl)CC2CCCCCC2)cc1Br. The Morgan fingerprint density at radius 1 is 1.22 bits per heavy atom. The zero-order chi connectivity index (χ0) is 13.0. The van der Waals surface area contributed by atoms with Crippen molar-refractivity contribution in [3.63, 3.8) is 0 Å². The number of rotatable bonds is 3. The van der Waals surface area contributed by atoms with Crippen molar-refractivity contribution in [2.75, 3.05) is 0 Å². The second-order valence-electron chi connectivity index (χ2n) is 5.23. The highest BCUT2D eigenvalue weighted by Gasteiger charge is 2.18. The van der Waals surface area contributed by atoms with Crippen LogP contribution in [0.2, 0.25) is 0 Å². The van der Waals surface area contributed by atoms with E-state index in [1.165, 1.54) is 44.6 Å². The highest BCUT2D eigenvalue weighted by Crippen LogP contribution is 2.35. The van der Waals surface area contributed by atoms with E-state index in [4.69, 9.17) is 11.6 Å². The number of hydrogen-bond acceptors (Lipinski definition) is 0. The minimum absolute atomic E-state index is 0.00463. The van der Waals surface area contributed by atoms with Crippen molar-refractivity contribution in [2.24, 2.45) is 5.92 Å². The van der Waals surface area contributed by atoms with Crippen LogP contribution in [0.15, 0.2) is 22.7 Å². The molecule has 1 saturated carbocycles. The van der Waals surface area contributed by atoms with Gasteiger partial charge >= 0.3 is 0 Å². The smallest absolute Gasteiger partial charge is 0.137 e. The van der Waals surface area contributed by atoms with Gasteiger partial charge < -0.3 is 0 Å². The standard InChI is InChI=1S/C15H19BrClF/c16-13-10-12(7-8-15(13)18)14(17)9-11-5-3-1-2-4-6-11/h7-8,10-11,14H,1-6,9H2. The molecule has 1 aliphatic rings. The van der Waals surface area contributed by atoms with E-state index in [9.17, 15) is 4.39 Å². The Balaban J connectivity index is 1.97. The molecule has 100 valence electrons. The normalized spacial score (nSPS) is 19.5. The maximum atomic E-state index is 13.2. The van der Waals surface area contributed by atoms with E-state index in [0.717, 1.165) is 17.9 Å². The number of benzene rings is 1. The molecule has 0 aromatic heterocycles. The molecular formula is C15H19BrClF. The van der Waals surface area contributed by atoms with Crippen LogP contribution in [0.4, 0.5) is 4.39 Å². The van der Waals surface area contributed by atoms with E-state index in [2.05, 4.69) is 15.9 Å². The summed E-state index contributed by atoms with van der Waals surface area (Å²) in [4.78, 5) is 0. The topological polar surface area (TPSA) is 0 Å². The minimum atomic E-state index is -0.225. The van der Waals surface area contributed by atoms with E-state index in [1.54, 1.807) is 6.07 Å². The second-order valence-corrected chi connectivity index (χ2v) is 6.62. The molecule has 1 aromatic rings. The van der Waals surface area contributed by atoms with E-state index >= 15 is 0 Å². The number of halogens is 3. The summed E-state index contributed by atoms with van der Waals surface area (Å²) < 4.78 is 13.7. The van der Waals surface area contributed by atoms with Gasteiger partial charge in [-0.2, -0.15) is 0 Å². The molecule has 0 N–H and O–H groups in total. The summed E-state index contributed by atoms with van der Waals surface area (Å²) in [7, 11) is 0. The summed E-state index contributed by atoms with van der Waals surface area (Å²) in [5.41, 5.74) is 1.02. The fourth-order valence-electron chi connectivity index (χ4n) is 2.74. The van der Waals surface area contributed by atoms with Gasteiger partial charge in [-0.05, 0) is 46.0 Å². The Labute approximate surface area is 122 Å². The molecule has 0 amide bonds. The van der Waals surface area contributed by atoms with Crippen LogP contribution in [-0.2, 0) is 0 Å². The lowest BCUT2D eigenvalue weighted by Gasteiger charge is -2.18. The lowest BCUT2D eigenvalue weighted by atomic mass is 9.92. The summed E-state index contributed by atoms with van der Waals surface area (Å²) >= 11 is 9.69. The van der Waals surface area contributed by atoms with Crippen molar-refractivity contribution in [3.8, 4) is 0 Å². The van der Waals surface area contributed by atoms with Gasteiger partial charge in [0.1, 0.15) is 5.82 Å². The average molecular weight is 334 g/mol. The summed E-state index contributed by atoms with van der Waals surface area (Å²) in [5, 5.41) is 0.00463. The maximum Gasteiger partial charge on any atom is 0.137 e. The van der Waals surface area contributed by atoms with Crippen LogP contribution in [-0.4, -0.2) is 0 Å². The Hall–Kier alpha value is -0.0800. The van der Waals surface area contributed by atoms with Gasteiger partial charge in [-0.15, -0.1) is 11.6 Å². The molecular weight excluding hydrogens is 315 g/mol. The first-order chi connectivity index (χ1) is 8.66. The van der Waals surface area contributed by atoms with Crippen LogP contribution in [0.5, 0.6) is 0 Å². The minimum Gasteiger partial charge on any atom is -0.206 e. The van der Waals surface area contributed by atoms with Crippen LogP contribution in [0, 0.1) is 11.7 Å². The predicted molar refractivity (Wildman–Crippen MR) is 78.5 cm³/mol. The summed E-state index contributed by atoms with van der Waals surface area (Å²) in [6, 6.07) is 5.10. The van der Waals surface area contributed by atoms with Crippen molar-refractivity contribution in [3.05, 3.63) is 34.1 Å². The summed E-state index contributed by atoms with van der Waals surface area (Å²) in [5.74, 6) is 0.510. The molecule has 1 fully saturated rings. The Morgan fingerprint density at radius 2 is 1.89 bits per heavy atom. The van der Waals surface area contributed by atoms with Crippen molar-refractivity contribution < 1.29 is 4.39 Å². The molecule has 2 rings (SSSR count). The van der Waals surface area contributed by atoms with Gasteiger partial charge in [0.15, 0.2) is 0 Å². The van der Waals surface area contributed by atoms with Gasteiger partial charge in [-0.3, -0.25) is 0 Å². The highest BCUT2D eigenvalue weighted by molar-refractivity contribution is 9.10.